The van der Waals surface area contributed by atoms with Gasteiger partial charge in [-0.2, -0.15) is 0 Å². The van der Waals surface area contributed by atoms with Gasteiger partial charge in [0.25, 0.3) is 0 Å². The number of nitrogens with zero attached hydrogens (tertiary/aromatic N) is 1. The number of aryl methyl sites for hydroxylation is 1. The Morgan fingerprint density at radius 2 is 2.53 bits per heavy atom. The monoisotopic (exact) mass is 226 g/mol. The average molecular weight is 226 g/mol. The van der Waals surface area contributed by atoms with Crippen molar-refractivity contribution in [3.8, 4) is 0 Å². The van der Waals surface area contributed by atoms with E-state index in [0.29, 0.717) is 12.0 Å². The van der Waals surface area contributed by atoms with Crippen LogP contribution >= 0.6 is 11.3 Å². The van der Waals surface area contributed by atoms with Crippen molar-refractivity contribution in [3.63, 3.8) is 0 Å². The Labute approximate surface area is 94.7 Å². The molecule has 3 atom stereocenters. The van der Waals surface area contributed by atoms with Crippen LogP contribution in [0.5, 0.6) is 0 Å². The molecule has 0 aromatic carbocycles. The Balaban J connectivity index is 1.94. The molecule has 1 saturated heterocycles. The van der Waals surface area contributed by atoms with Crippen molar-refractivity contribution in [2.24, 2.45) is 11.7 Å². The summed E-state index contributed by atoms with van der Waals surface area (Å²) in [6.07, 6.45) is 2.27. The summed E-state index contributed by atoms with van der Waals surface area (Å²) in [5.74, 6) is 0.493. The van der Waals surface area contributed by atoms with E-state index in [1.807, 2.05) is 6.92 Å². The van der Waals surface area contributed by atoms with Crippen molar-refractivity contribution in [1.29, 1.82) is 0 Å². The fourth-order valence-electron chi connectivity index (χ4n) is 2.21. The van der Waals surface area contributed by atoms with E-state index in [-0.39, 0.29) is 6.04 Å². The molecule has 1 aromatic heterocycles. The van der Waals surface area contributed by atoms with E-state index < -0.39 is 0 Å². The Kier molecular flexibility index (Phi) is 3.38. The van der Waals surface area contributed by atoms with Crippen LogP contribution in [0.2, 0.25) is 0 Å². The van der Waals surface area contributed by atoms with Crippen LogP contribution in [0.4, 0.5) is 0 Å². The quantitative estimate of drug-likeness (QED) is 0.854. The maximum atomic E-state index is 6.20. The van der Waals surface area contributed by atoms with Gasteiger partial charge in [0.05, 0.1) is 16.8 Å². The fourth-order valence-corrected chi connectivity index (χ4v) is 2.83. The number of rotatable bonds is 3. The highest BCUT2D eigenvalue weighted by Gasteiger charge is 2.29. The maximum Gasteiger partial charge on any atom is 0.0897 e. The van der Waals surface area contributed by atoms with Gasteiger partial charge in [-0.3, -0.25) is 0 Å². The molecule has 2 rings (SSSR count). The molecule has 4 heteroatoms. The van der Waals surface area contributed by atoms with E-state index in [1.54, 1.807) is 11.3 Å². The molecule has 2 heterocycles. The minimum absolute atomic E-state index is 0.184. The highest BCUT2D eigenvalue weighted by molar-refractivity contribution is 7.09. The zero-order valence-electron chi connectivity index (χ0n) is 9.27. The molecule has 0 bridgehead atoms. The number of hydrogen-bond donors (Lipinski definition) is 1. The molecular weight excluding hydrogens is 208 g/mol. The van der Waals surface area contributed by atoms with Crippen LogP contribution in [0.15, 0.2) is 5.38 Å². The van der Waals surface area contributed by atoms with Crippen molar-refractivity contribution >= 4 is 11.3 Å². The van der Waals surface area contributed by atoms with Gasteiger partial charge in [-0.05, 0) is 20.3 Å². The second kappa shape index (κ2) is 4.60. The second-order valence-electron chi connectivity index (χ2n) is 4.25. The molecule has 1 fully saturated rings. The second-order valence-corrected chi connectivity index (χ2v) is 5.32. The molecule has 3 unspecified atom stereocenters. The highest BCUT2D eigenvalue weighted by atomic mass is 32.1. The van der Waals surface area contributed by atoms with E-state index in [9.17, 15) is 0 Å². The van der Waals surface area contributed by atoms with Crippen LogP contribution in [0.3, 0.4) is 0 Å². The molecule has 1 aromatic rings. The summed E-state index contributed by atoms with van der Waals surface area (Å²) in [4.78, 5) is 4.44. The summed E-state index contributed by atoms with van der Waals surface area (Å²) >= 11 is 1.69. The minimum atomic E-state index is 0.184. The number of nitrogens with two attached hydrogens (primary N) is 1. The summed E-state index contributed by atoms with van der Waals surface area (Å²) in [5.41, 5.74) is 7.32. The van der Waals surface area contributed by atoms with Crippen LogP contribution in [0.1, 0.15) is 24.0 Å². The normalized spacial score (nSPS) is 28.2. The van der Waals surface area contributed by atoms with E-state index in [2.05, 4.69) is 17.3 Å². The van der Waals surface area contributed by atoms with Crippen molar-refractivity contribution in [3.05, 3.63) is 16.1 Å². The predicted molar refractivity (Wildman–Crippen MR) is 62.1 cm³/mol. The van der Waals surface area contributed by atoms with Crippen LogP contribution in [0, 0.1) is 12.8 Å². The minimum Gasteiger partial charge on any atom is -0.378 e. The van der Waals surface area contributed by atoms with Crippen molar-refractivity contribution < 1.29 is 4.74 Å². The Bertz CT molecular complexity index is 326. The molecule has 1 aliphatic heterocycles. The third-order valence-electron chi connectivity index (χ3n) is 3.10. The van der Waals surface area contributed by atoms with E-state index >= 15 is 0 Å². The molecular formula is C11H18N2OS. The molecule has 0 aliphatic carbocycles. The third-order valence-corrected chi connectivity index (χ3v) is 3.92. The number of aromatic nitrogens is 1. The van der Waals surface area contributed by atoms with Gasteiger partial charge in [0.15, 0.2) is 0 Å². The van der Waals surface area contributed by atoms with E-state index in [4.69, 9.17) is 10.5 Å². The molecule has 0 saturated carbocycles. The molecule has 0 spiro atoms. The largest absolute Gasteiger partial charge is 0.378 e. The molecule has 0 amide bonds. The lowest BCUT2D eigenvalue weighted by atomic mass is 9.91. The first-order valence-electron chi connectivity index (χ1n) is 5.45. The first-order valence-corrected chi connectivity index (χ1v) is 6.33. The number of hydrogen-bond acceptors (Lipinski definition) is 4. The topological polar surface area (TPSA) is 48.1 Å². The van der Waals surface area contributed by atoms with Crippen LogP contribution < -0.4 is 5.73 Å². The zero-order chi connectivity index (χ0) is 10.8. The number of ether oxygens (including phenoxy) is 1. The SMILES string of the molecule is Cc1nc(CC(N)C2CCOC2C)cs1. The van der Waals surface area contributed by atoms with Gasteiger partial charge in [-0.15, -0.1) is 11.3 Å². The summed E-state index contributed by atoms with van der Waals surface area (Å²) < 4.78 is 5.53. The van der Waals surface area contributed by atoms with Gasteiger partial charge in [-0.1, -0.05) is 0 Å². The van der Waals surface area contributed by atoms with Gasteiger partial charge in [-0.25, -0.2) is 4.98 Å². The van der Waals surface area contributed by atoms with Crippen LogP contribution in [-0.2, 0) is 11.2 Å². The smallest absolute Gasteiger partial charge is 0.0897 e. The molecule has 1 aliphatic rings. The Hall–Kier alpha value is -0.450. The molecule has 0 radical (unpaired) electrons. The lowest BCUT2D eigenvalue weighted by Crippen LogP contribution is -2.36. The van der Waals surface area contributed by atoms with Crippen LogP contribution in [-0.4, -0.2) is 23.7 Å². The Morgan fingerprint density at radius 1 is 1.73 bits per heavy atom. The number of thiazole rings is 1. The first kappa shape index (κ1) is 11.0. The molecule has 84 valence electrons. The van der Waals surface area contributed by atoms with Crippen molar-refractivity contribution in [1.82, 2.24) is 4.98 Å². The molecule has 3 nitrogen and oxygen atoms in total. The average Bonchev–Trinajstić information content (AvgIpc) is 2.75. The summed E-state index contributed by atoms with van der Waals surface area (Å²) in [7, 11) is 0. The summed E-state index contributed by atoms with van der Waals surface area (Å²) in [5, 5.41) is 3.23. The summed E-state index contributed by atoms with van der Waals surface area (Å²) in [6, 6.07) is 0.184. The Morgan fingerprint density at radius 3 is 3.07 bits per heavy atom. The lowest BCUT2D eigenvalue weighted by Gasteiger charge is -2.20. The van der Waals surface area contributed by atoms with Gasteiger partial charge >= 0.3 is 0 Å². The van der Waals surface area contributed by atoms with Gasteiger partial charge in [0.2, 0.25) is 0 Å². The standard InChI is InChI=1S/C11H18N2OS/c1-7-10(3-4-14-7)11(12)5-9-6-15-8(2)13-9/h6-7,10-11H,3-5,12H2,1-2H3. The molecule has 2 N–H and O–H groups in total. The van der Waals surface area contributed by atoms with Gasteiger partial charge in [0.1, 0.15) is 0 Å². The van der Waals surface area contributed by atoms with E-state index in [0.717, 1.165) is 30.2 Å². The highest BCUT2D eigenvalue weighted by Crippen LogP contribution is 2.24. The fraction of sp³-hybridized carbons (Fsp3) is 0.727. The van der Waals surface area contributed by atoms with Gasteiger partial charge in [0, 0.05) is 30.4 Å². The molecule has 15 heavy (non-hydrogen) atoms. The van der Waals surface area contributed by atoms with Gasteiger partial charge < -0.3 is 10.5 Å². The van der Waals surface area contributed by atoms with E-state index in [1.165, 1.54) is 0 Å². The van der Waals surface area contributed by atoms with Crippen molar-refractivity contribution in [2.45, 2.75) is 38.8 Å². The lowest BCUT2D eigenvalue weighted by molar-refractivity contribution is 0.0994. The van der Waals surface area contributed by atoms with Crippen LogP contribution in [0.25, 0.3) is 0 Å². The summed E-state index contributed by atoms with van der Waals surface area (Å²) in [6.45, 7) is 5.00. The zero-order valence-corrected chi connectivity index (χ0v) is 10.1. The third kappa shape index (κ3) is 2.56. The predicted octanol–water partition coefficient (Wildman–Crippen LogP) is 1.75. The first-order chi connectivity index (χ1) is 7.16. The maximum absolute atomic E-state index is 6.20. The van der Waals surface area contributed by atoms with Crippen molar-refractivity contribution in [2.75, 3.05) is 6.61 Å².